The Morgan fingerprint density at radius 1 is 1.20 bits per heavy atom. The number of aromatic nitrogens is 2. The van der Waals surface area contributed by atoms with Crippen molar-refractivity contribution in [3.63, 3.8) is 0 Å². The van der Waals surface area contributed by atoms with Crippen LogP contribution in [0.4, 0.5) is 0 Å². The molecule has 5 heteroatoms. The summed E-state index contributed by atoms with van der Waals surface area (Å²) < 4.78 is 5.38. The Bertz CT molecular complexity index is 503. The number of nitrogens with zero attached hydrogens (tertiary/aromatic N) is 2. The molecule has 1 saturated carbocycles. The number of carbonyl (C=O) groups is 1. The summed E-state index contributed by atoms with van der Waals surface area (Å²) in [7, 11) is 0. The number of aliphatic carboxylic acids is 1. The summed E-state index contributed by atoms with van der Waals surface area (Å²) in [5.74, 6) is 0.267. The van der Waals surface area contributed by atoms with E-state index in [-0.39, 0.29) is 5.92 Å². The molecule has 1 fully saturated rings. The van der Waals surface area contributed by atoms with E-state index in [1.807, 2.05) is 12.2 Å². The van der Waals surface area contributed by atoms with Gasteiger partial charge >= 0.3 is 5.97 Å². The average Bonchev–Trinajstić information content (AvgIpc) is 2.98. The van der Waals surface area contributed by atoms with Gasteiger partial charge in [0.2, 0.25) is 5.89 Å². The Hall–Kier alpha value is -1.65. The minimum atomic E-state index is -0.781. The van der Waals surface area contributed by atoms with Crippen molar-refractivity contribution in [2.24, 2.45) is 5.92 Å². The fourth-order valence-corrected chi connectivity index (χ4v) is 3.28. The van der Waals surface area contributed by atoms with Crippen LogP contribution in [-0.4, -0.2) is 21.2 Å². The van der Waals surface area contributed by atoms with E-state index >= 15 is 0 Å². The number of rotatable bonds is 3. The lowest BCUT2D eigenvalue weighted by Gasteiger charge is -2.21. The maximum absolute atomic E-state index is 11.3. The van der Waals surface area contributed by atoms with E-state index in [0.717, 1.165) is 18.7 Å². The standard InChI is InChI=1S/C15H20N2O3/c18-15(19)12-9-5-4-8-11(12)14-16-13(17-20-14)10-6-2-1-3-7-10/h4-5,10-12H,1-3,6-9H2,(H,18,19)/t11-,12+/m1/s1. The maximum atomic E-state index is 11.3. The van der Waals surface area contributed by atoms with Crippen molar-refractivity contribution in [2.45, 2.75) is 56.8 Å². The van der Waals surface area contributed by atoms with E-state index in [0.29, 0.717) is 24.7 Å². The molecule has 1 aromatic rings. The van der Waals surface area contributed by atoms with Crippen molar-refractivity contribution in [1.82, 2.24) is 10.1 Å². The number of carboxylic acids is 1. The van der Waals surface area contributed by atoms with Crippen molar-refractivity contribution < 1.29 is 14.4 Å². The zero-order valence-corrected chi connectivity index (χ0v) is 11.5. The van der Waals surface area contributed by atoms with E-state index in [4.69, 9.17) is 4.52 Å². The highest BCUT2D eigenvalue weighted by Gasteiger charge is 2.34. The molecule has 0 amide bonds. The predicted octanol–water partition coefficient (Wildman–Crippen LogP) is 3.25. The highest BCUT2D eigenvalue weighted by molar-refractivity contribution is 5.71. The molecule has 1 N–H and O–H groups in total. The highest BCUT2D eigenvalue weighted by Crippen LogP contribution is 2.36. The van der Waals surface area contributed by atoms with Crippen molar-refractivity contribution in [3.8, 4) is 0 Å². The Kier molecular flexibility index (Phi) is 3.85. The van der Waals surface area contributed by atoms with Crippen LogP contribution in [0.1, 0.15) is 68.5 Å². The van der Waals surface area contributed by atoms with Gasteiger partial charge in [0.25, 0.3) is 0 Å². The molecule has 0 unspecified atom stereocenters. The molecule has 0 radical (unpaired) electrons. The first-order valence-electron chi connectivity index (χ1n) is 7.47. The quantitative estimate of drug-likeness (QED) is 0.857. The summed E-state index contributed by atoms with van der Waals surface area (Å²) in [5.41, 5.74) is 0. The number of carboxylic acid groups (broad SMARTS) is 1. The third-order valence-electron chi connectivity index (χ3n) is 4.49. The van der Waals surface area contributed by atoms with Crippen LogP contribution in [0.3, 0.4) is 0 Å². The molecule has 0 saturated heterocycles. The molecule has 2 aliphatic rings. The largest absolute Gasteiger partial charge is 0.481 e. The summed E-state index contributed by atoms with van der Waals surface area (Å²) in [6.45, 7) is 0. The fourth-order valence-electron chi connectivity index (χ4n) is 3.28. The minimum absolute atomic E-state index is 0.178. The SMILES string of the molecule is O=C(O)[C@H]1CC=CC[C@H]1c1nc(C2CCCCC2)no1. The van der Waals surface area contributed by atoms with E-state index in [1.165, 1.54) is 19.3 Å². The van der Waals surface area contributed by atoms with E-state index in [9.17, 15) is 9.90 Å². The Labute approximate surface area is 118 Å². The first kappa shape index (κ1) is 13.3. The lowest BCUT2D eigenvalue weighted by atomic mass is 9.83. The summed E-state index contributed by atoms with van der Waals surface area (Å²) >= 11 is 0. The van der Waals surface area contributed by atoms with E-state index in [1.54, 1.807) is 0 Å². The van der Waals surface area contributed by atoms with Crippen LogP contribution in [0.2, 0.25) is 0 Å². The Morgan fingerprint density at radius 2 is 1.95 bits per heavy atom. The molecule has 1 aromatic heterocycles. The van der Waals surface area contributed by atoms with Gasteiger partial charge in [-0.2, -0.15) is 4.98 Å². The Morgan fingerprint density at radius 3 is 2.70 bits per heavy atom. The average molecular weight is 276 g/mol. The van der Waals surface area contributed by atoms with Crippen LogP contribution < -0.4 is 0 Å². The topological polar surface area (TPSA) is 76.2 Å². The lowest BCUT2D eigenvalue weighted by Crippen LogP contribution is -2.23. The van der Waals surface area contributed by atoms with Crippen molar-refractivity contribution in [1.29, 1.82) is 0 Å². The first-order chi connectivity index (χ1) is 9.75. The summed E-state index contributed by atoms with van der Waals surface area (Å²) in [6, 6.07) is 0. The van der Waals surface area contributed by atoms with Gasteiger partial charge in [0, 0.05) is 5.92 Å². The van der Waals surface area contributed by atoms with Crippen LogP contribution >= 0.6 is 0 Å². The molecule has 20 heavy (non-hydrogen) atoms. The van der Waals surface area contributed by atoms with Gasteiger partial charge in [-0.15, -0.1) is 0 Å². The molecule has 5 nitrogen and oxygen atoms in total. The van der Waals surface area contributed by atoms with Crippen molar-refractivity contribution in [2.75, 3.05) is 0 Å². The third-order valence-corrected chi connectivity index (χ3v) is 4.49. The van der Waals surface area contributed by atoms with Gasteiger partial charge in [-0.25, -0.2) is 0 Å². The first-order valence-corrected chi connectivity index (χ1v) is 7.47. The molecule has 0 aromatic carbocycles. The molecule has 0 bridgehead atoms. The molecule has 0 aliphatic heterocycles. The summed E-state index contributed by atoms with van der Waals surface area (Å²) in [6.07, 6.45) is 11.1. The van der Waals surface area contributed by atoms with Gasteiger partial charge in [0.05, 0.1) is 11.8 Å². The Balaban J connectivity index is 1.78. The second-order valence-electron chi connectivity index (χ2n) is 5.82. The van der Waals surface area contributed by atoms with Gasteiger partial charge in [-0.3, -0.25) is 4.79 Å². The third kappa shape index (κ3) is 2.62. The number of hydrogen-bond donors (Lipinski definition) is 1. The number of allylic oxidation sites excluding steroid dienone is 2. The maximum Gasteiger partial charge on any atom is 0.307 e. The van der Waals surface area contributed by atoms with Gasteiger partial charge in [-0.05, 0) is 25.7 Å². The normalized spacial score (nSPS) is 27.6. The van der Waals surface area contributed by atoms with Crippen LogP contribution in [0.15, 0.2) is 16.7 Å². The molecular weight excluding hydrogens is 256 g/mol. The molecule has 2 aliphatic carbocycles. The fraction of sp³-hybridized carbons (Fsp3) is 0.667. The van der Waals surface area contributed by atoms with Crippen LogP contribution in [0.5, 0.6) is 0 Å². The molecule has 1 heterocycles. The van der Waals surface area contributed by atoms with Gasteiger partial charge in [-0.1, -0.05) is 36.6 Å². The van der Waals surface area contributed by atoms with Crippen molar-refractivity contribution in [3.05, 3.63) is 23.9 Å². The van der Waals surface area contributed by atoms with Gasteiger partial charge in [0.1, 0.15) is 0 Å². The van der Waals surface area contributed by atoms with E-state index < -0.39 is 11.9 Å². The molecule has 3 rings (SSSR count). The molecular formula is C15H20N2O3. The van der Waals surface area contributed by atoms with Crippen LogP contribution in [0.25, 0.3) is 0 Å². The zero-order valence-electron chi connectivity index (χ0n) is 11.5. The summed E-state index contributed by atoms with van der Waals surface area (Å²) in [5, 5.41) is 13.4. The van der Waals surface area contributed by atoms with Crippen LogP contribution in [0, 0.1) is 5.92 Å². The molecule has 2 atom stereocenters. The minimum Gasteiger partial charge on any atom is -0.481 e. The summed E-state index contributed by atoms with van der Waals surface area (Å²) in [4.78, 5) is 15.8. The van der Waals surface area contributed by atoms with E-state index in [2.05, 4.69) is 10.1 Å². The predicted molar refractivity (Wildman–Crippen MR) is 72.4 cm³/mol. The zero-order chi connectivity index (χ0) is 13.9. The molecule has 108 valence electrons. The highest BCUT2D eigenvalue weighted by atomic mass is 16.5. The van der Waals surface area contributed by atoms with Gasteiger partial charge in [0.15, 0.2) is 5.82 Å². The second-order valence-corrected chi connectivity index (χ2v) is 5.82. The lowest BCUT2D eigenvalue weighted by molar-refractivity contribution is -0.142. The molecule has 0 spiro atoms. The second kappa shape index (κ2) is 5.77. The number of hydrogen-bond acceptors (Lipinski definition) is 4. The smallest absolute Gasteiger partial charge is 0.307 e. The van der Waals surface area contributed by atoms with Crippen molar-refractivity contribution >= 4 is 5.97 Å². The van der Waals surface area contributed by atoms with Gasteiger partial charge < -0.3 is 9.63 Å². The van der Waals surface area contributed by atoms with Crippen LogP contribution in [-0.2, 0) is 4.79 Å². The monoisotopic (exact) mass is 276 g/mol.